The first-order valence-corrected chi connectivity index (χ1v) is 4.12. The maximum Gasteiger partial charge on any atom is 0.240 e. The van der Waals surface area contributed by atoms with Crippen LogP contribution in [0, 0.1) is 0 Å². The number of hydrogen-bond acceptors (Lipinski definition) is 3. The number of furan rings is 1. The summed E-state index contributed by atoms with van der Waals surface area (Å²) in [5.74, 6) is 0.757. The summed E-state index contributed by atoms with van der Waals surface area (Å²) in [7, 11) is 0. The fourth-order valence-corrected chi connectivity index (χ4v) is 1.22. The molecule has 0 aliphatic rings. The van der Waals surface area contributed by atoms with Gasteiger partial charge in [0.1, 0.15) is 5.76 Å². The Morgan fingerprint density at radius 1 is 1.21 bits per heavy atom. The molecule has 0 saturated heterocycles. The predicted molar refractivity (Wildman–Crippen MR) is 51.9 cm³/mol. The number of benzene rings is 1. The van der Waals surface area contributed by atoms with E-state index in [2.05, 4.69) is 4.99 Å². The molecule has 0 atom stereocenters. The molecule has 2 aromatic rings. The van der Waals surface area contributed by atoms with Gasteiger partial charge < -0.3 is 4.42 Å². The van der Waals surface area contributed by atoms with E-state index in [4.69, 9.17) is 4.42 Å². The molecule has 68 valence electrons. The van der Waals surface area contributed by atoms with Crippen molar-refractivity contribution in [2.24, 2.45) is 4.99 Å². The summed E-state index contributed by atoms with van der Waals surface area (Å²) in [5.41, 5.74) is 1.47. The lowest BCUT2D eigenvalue weighted by molar-refractivity contribution is 0.565. The van der Waals surface area contributed by atoms with Crippen molar-refractivity contribution in [2.75, 3.05) is 0 Å². The molecular weight excluding hydrogens is 178 g/mol. The van der Waals surface area contributed by atoms with Crippen LogP contribution in [0.15, 0.2) is 52.1 Å². The van der Waals surface area contributed by atoms with E-state index >= 15 is 0 Å². The lowest BCUT2D eigenvalue weighted by atomic mass is 10.1. The highest BCUT2D eigenvalue weighted by molar-refractivity contribution is 5.63. The minimum absolute atomic E-state index is 0.578. The van der Waals surface area contributed by atoms with Crippen LogP contribution >= 0.6 is 0 Å². The van der Waals surface area contributed by atoms with Crippen LogP contribution < -0.4 is 0 Å². The summed E-state index contributed by atoms with van der Waals surface area (Å²) in [6, 6.07) is 10.9. The summed E-state index contributed by atoms with van der Waals surface area (Å²) >= 11 is 0. The molecule has 0 saturated carbocycles. The molecule has 2 rings (SSSR count). The van der Waals surface area contributed by atoms with E-state index in [0.29, 0.717) is 5.69 Å². The average molecular weight is 185 g/mol. The Labute approximate surface area is 80.7 Å². The summed E-state index contributed by atoms with van der Waals surface area (Å²) in [6.45, 7) is 0. The second-order valence-electron chi connectivity index (χ2n) is 2.73. The Kier molecular flexibility index (Phi) is 2.26. The van der Waals surface area contributed by atoms with Crippen LogP contribution in [0.1, 0.15) is 0 Å². The molecule has 0 aliphatic heterocycles. The van der Waals surface area contributed by atoms with Crippen LogP contribution in [-0.2, 0) is 4.79 Å². The van der Waals surface area contributed by atoms with Crippen molar-refractivity contribution in [2.45, 2.75) is 0 Å². The highest BCUT2D eigenvalue weighted by atomic mass is 16.3. The van der Waals surface area contributed by atoms with Gasteiger partial charge in [0.2, 0.25) is 6.08 Å². The van der Waals surface area contributed by atoms with Gasteiger partial charge in [-0.15, -0.1) is 0 Å². The molecule has 0 unspecified atom stereocenters. The van der Waals surface area contributed by atoms with Crippen molar-refractivity contribution in [3.8, 4) is 11.3 Å². The quantitative estimate of drug-likeness (QED) is 0.533. The Morgan fingerprint density at radius 3 is 2.86 bits per heavy atom. The van der Waals surface area contributed by atoms with Crippen molar-refractivity contribution < 1.29 is 9.21 Å². The van der Waals surface area contributed by atoms with Crippen molar-refractivity contribution in [3.63, 3.8) is 0 Å². The molecule has 3 heteroatoms. The van der Waals surface area contributed by atoms with E-state index in [1.807, 2.05) is 24.3 Å². The van der Waals surface area contributed by atoms with Crippen LogP contribution in [0.4, 0.5) is 5.69 Å². The monoisotopic (exact) mass is 185 g/mol. The highest BCUT2D eigenvalue weighted by Crippen LogP contribution is 2.23. The Morgan fingerprint density at radius 2 is 2.14 bits per heavy atom. The average Bonchev–Trinajstić information content (AvgIpc) is 2.71. The third-order valence-electron chi connectivity index (χ3n) is 1.83. The number of isocyanates is 1. The molecule has 0 radical (unpaired) electrons. The molecule has 0 amide bonds. The molecule has 3 nitrogen and oxygen atoms in total. The van der Waals surface area contributed by atoms with Gasteiger partial charge in [0, 0.05) is 5.56 Å². The van der Waals surface area contributed by atoms with Gasteiger partial charge in [0.05, 0.1) is 12.0 Å². The van der Waals surface area contributed by atoms with Crippen LogP contribution in [0.2, 0.25) is 0 Å². The maximum absolute atomic E-state index is 10.1. The summed E-state index contributed by atoms with van der Waals surface area (Å²) in [6.07, 6.45) is 3.10. The van der Waals surface area contributed by atoms with Gasteiger partial charge >= 0.3 is 0 Å². The number of rotatable bonds is 2. The van der Waals surface area contributed by atoms with Gasteiger partial charge in [-0.05, 0) is 24.3 Å². The first kappa shape index (κ1) is 8.48. The third kappa shape index (κ3) is 1.63. The van der Waals surface area contributed by atoms with Crippen molar-refractivity contribution in [1.82, 2.24) is 0 Å². The summed E-state index contributed by atoms with van der Waals surface area (Å²) in [5, 5.41) is 0. The molecule has 0 N–H and O–H groups in total. The van der Waals surface area contributed by atoms with E-state index < -0.39 is 0 Å². The number of aliphatic imine (C=N–C) groups is 1. The molecular formula is C11H7NO2. The SMILES string of the molecule is O=C=Nc1cccc(-c2ccco2)c1. The molecule has 0 fully saturated rings. The fraction of sp³-hybridized carbons (Fsp3) is 0. The van der Waals surface area contributed by atoms with Crippen LogP contribution in [-0.4, -0.2) is 6.08 Å². The van der Waals surface area contributed by atoms with Crippen LogP contribution in [0.3, 0.4) is 0 Å². The predicted octanol–water partition coefficient (Wildman–Crippen LogP) is 2.91. The molecule has 1 heterocycles. The van der Waals surface area contributed by atoms with Crippen LogP contribution in [0.25, 0.3) is 11.3 Å². The van der Waals surface area contributed by atoms with Gasteiger partial charge in [-0.25, -0.2) is 4.79 Å². The lowest BCUT2D eigenvalue weighted by Crippen LogP contribution is -1.72. The zero-order chi connectivity index (χ0) is 9.80. The minimum atomic E-state index is 0.578. The van der Waals surface area contributed by atoms with Gasteiger partial charge in [0.15, 0.2) is 0 Å². The van der Waals surface area contributed by atoms with E-state index in [9.17, 15) is 4.79 Å². The largest absolute Gasteiger partial charge is 0.464 e. The fourth-order valence-electron chi connectivity index (χ4n) is 1.22. The van der Waals surface area contributed by atoms with Crippen molar-refractivity contribution in [3.05, 3.63) is 42.7 Å². The number of carbonyl (C=O) groups excluding carboxylic acids is 1. The second-order valence-corrected chi connectivity index (χ2v) is 2.73. The topological polar surface area (TPSA) is 42.6 Å². The standard InChI is InChI=1S/C11H7NO2/c13-8-12-10-4-1-3-9(7-10)11-5-2-6-14-11/h1-7H. The van der Waals surface area contributed by atoms with E-state index in [1.54, 1.807) is 18.4 Å². The molecule has 1 aromatic carbocycles. The number of hydrogen-bond donors (Lipinski definition) is 0. The third-order valence-corrected chi connectivity index (χ3v) is 1.83. The van der Waals surface area contributed by atoms with Gasteiger partial charge in [-0.1, -0.05) is 12.1 Å². The summed E-state index contributed by atoms with van der Waals surface area (Å²) < 4.78 is 5.21. The first-order valence-electron chi connectivity index (χ1n) is 4.12. The van der Waals surface area contributed by atoms with E-state index in [1.165, 1.54) is 6.08 Å². The smallest absolute Gasteiger partial charge is 0.240 e. The van der Waals surface area contributed by atoms with E-state index in [-0.39, 0.29) is 0 Å². The summed E-state index contributed by atoms with van der Waals surface area (Å²) in [4.78, 5) is 13.6. The van der Waals surface area contributed by atoms with Gasteiger partial charge in [-0.3, -0.25) is 0 Å². The van der Waals surface area contributed by atoms with Crippen molar-refractivity contribution in [1.29, 1.82) is 0 Å². The van der Waals surface area contributed by atoms with Crippen molar-refractivity contribution >= 4 is 11.8 Å². The normalized spacial score (nSPS) is 9.43. The highest BCUT2D eigenvalue weighted by Gasteiger charge is 2.00. The molecule has 0 spiro atoms. The second kappa shape index (κ2) is 3.73. The van der Waals surface area contributed by atoms with Gasteiger partial charge in [-0.2, -0.15) is 4.99 Å². The minimum Gasteiger partial charge on any atom is -0.464 e. The van der Waals surface area contributed by atoms with E-state index in [0.717, 1.165) is 11.3 Å². The molecule has 14 heavy (non-hydrogen) atoms. The zero-order valence-electron chi connectivity index (χ0n) is 7.31. The molecule has 0 bridgehead atoms. The zero-order valence-corrected chi connectivity index (χ0v) is 7.31. The van der Waals surface area contributed by atoms with Gasteiger partial charge in [0.25, 0.3) is 0 Å². The first-order chi connectivity index (χ1) is 6.90. The molecule has 1 aromatic heterocycles. The lowest BCUT2D eigenvalue weighted by Gasteiger charge is -1.96. The maximum atomic E-state index is 10.1. The van der Waals surface area contributed by atoms with Crippen LogP contribution in [0.5, 0.6) is 0 Å². The Balaban J connectivity index is 2.45. The Hall–Kier alpha value is -2.12. The molecule has 0 aliphatic carbocycles. The Bertz CT molecular complexity index is 468. The number of nitrogens with zero attached hydrogens (tertiary/aromatic N) is 1.